The molecule has 1 aliphatic rings. The molecule has 1 aliphatic carbocycles. The van der Waals surface area contributed by atoms with Gasteiger partial charge >= 0.3 is 0 Å². The van der Waals surface area contributed by atoms with Crippen LogP contribution >= 0.6 is 11.3 Å². The smallest absolute Gasteiger partial charge is 0.158 e. The molecule has 192 valence electrons. The molecule has 7 nitrogen and oxygen atoms in total. The Morgan fingerprint density at radius 1 is 1.11 bits per heavy atom. The van der Waals surface area contributed by atoms with Gasteiger partial charge in [-0.3, -0.25) is 4.98 Å². The normalized spacial score (nSPS) is 13.1. The Morgan fingerprint density at radius 2 is 1.97 bits per heavy atom. The van der Waals surface area contributed by atoms with Crippen LogP contribution in [0.5, 0.6) is 5.75 Å². The van der Waals surface area contributed by atoms with Crippen LogP contribution in [0.4, 0.5) is 0 Å². The van der Waals surface area contributed by atoms with Gasteiger partial charge in [0.15, 0.2) is 5.65 Å². The van der Waals surface area contributed by atoms with E-state index in [1.165, 1.54) is 26.6 Å². The summed E-state index contributed by atoms with van der Waals surface area (Å²) in [6.07, 6.45) is 12.9. The Bertz CT molecular complexity index is 1690. The standard InChI is InChI=1S/C30H30N6OS/c1-19-9-10-28(38-19)23-7-5-6-8-26-24(23)15-27(33-26)29-25-14-21(17-32-30(25)36(4)34-29)20-13-22(18-31-16-20)37-12-11-35(2)3/h5-7,9-10,13-18,33H,8,11-12H2,1-4H3. The van der Waals surface area contributed by atoms with Gasteiger partial charge < -0.3 is 14.6 Å². The summed E-state index contributed by atoms with van der Waals surface area (Å²) in [5, 5.41) is 5.88. The molecule has 5 aromatic heterocycles. The van der Waals surface area contributed by atoms with Crippen LogP contribution in [-0.2, 0) is 13.5 Å². The molecule has 1 N–H and O–H groups in total. The third kappa shape index (κ3) is 4.68. The number of allylic oxidation sites excluding steroid dienone is 3. The number of pyridine rings is 2. The molecule has 0 spiro atoms. The van der Waals surface area contributed by atoms with Crippen molar-refractivity contribution in [3.63, 3.8) is 0 Å². The van der Waals surface area contributed by atoms with E-state index in [9.17, 15) is 0 Å². The van der Waals surface area contributed by atoms with E-state index in [1.807, 2.05) is 55.6 Å². The summed E-state index contributed by atoms with van der Waals surface area (Å²) in [5.74, 6) is 0.750. The first kappa shape index (κ1) is 24.3. The Balaban J connectivity index is 1.38. The average molecular weight is 523 g/mol. The fourth-order valence-corrected chi connectivity index (χ4v) is 5.67. The van der Waals surface area contributed by atoms with Crippen LogP contribution in [0.25, 0.3) is 39.1 Å². The second kappa shape index (κ2) is 10.0. The zero-order valence-electron chi connectivity index (χ0n) is 22.0. The van der Waals surface area contributed by atoms with Gasteiger partial charge in [-0.2, -0.15) is 5.10 Å². The second-order valence-corrected chi connectivity index (χ2v) is 11.1. The number of aryl methyl sites for hydroxylation is 2. The van der Waals surface area contributed by atoms with E-state index < -0.39 is 0 Å². The maximum absolute atomic E-state index is 5.91. The van der Waals surface area contributed by atoms with E-state index in [-0.39, 0.29) is 0 Å². The van der Waals surface area contributed by atoms with Crippen molar-refractivity contribution in [3.05, 3.63) is 88.2 Å². The predicted octanol–water partition coefficient (Wildman–Crippen LogP) is 5.88. The van der Waals surface area contributed by atoms with Crippen LogP contribution in [0.2, 0.25) is 0 Å². The van der Waals surface area contributed by atoms with E-state index in [1.54, 1.807) is 6.20 Å². The zero-order valence-corrected chi connectivity index (χ0v) is 22.8. The van der Waals surface area contributed by atoms with Crippen LogP contribution in [0.15, 0.2) is 67.2 Å². The molecule has 0 radical (unpaired) electrons. The number of fused-ring (bicyclic) bond motifs is 2. The molecular weight excluding hydrogens is 492 g/mol. The van der Waals surface area contributed by atoms with Crippen molar-refractivity contribution >= 4 is 27.9 Å². The molecule has 6 rings (SSSR count). The molecule has 8 heteroatoms. The van der Waals surface area contributed by atoms with Crippen LogP contribution in [0.1, 0.15) is 21.0 Å². The van der Waals surface area contributed by atoms with Gasteiger partial charge in [0.1, 0.15) is 18.1 Å². The number of hydrogen-bond acceptors (Lipinski definition) is 6. The molecule has 5 heterocycles. The molecule has 38 heavy (non-hydrogen) atoms. The van der Waals surface area contributed by atoms with Crippen molar-refractivity contribution in [2.75, 3.05) is 27.2 Å². The lowest BCUT2D eigenvalue weighted by molar-refractivity contribution is 0.261. The summed E-state index contributed by atoms with van der Waals surface area (Å²) in [6, 6.07) is 10.8. The fraction of sp³-hybridized carbons (Fsp3) is 0.233. The summed E-state index contributed by atoms with van der Waals surface area (Å²) in [6.45, 7) is 3.60. The highest BCUT2D eigenvalue weighted by Gasteiger charge is 2.20. The van der Waals surface area contributed by atoms with Crippen LogP contribution in [-0.4, -0.2) is 56.9 Å². The number of nitrogens with one attached hydrogen (secondary N) is 1. The van der Waals surface area contributed by atoms with Crippen molar-refractivity contribution in [1.29, 1.82) is 0 Å². The average Bonchev–Trinajstić information content (AvgIpc) is 3.58. The molecule has 5 aromatic rings. The monoisotopic (exact) mass is 522 g/mol. The largest absolute Gasteiger partial charge is 0.491 e. The lowest BCUT2D eigenvalue weighted by atomic mass is 10.0. The summed E-state index contributed by atoms with van der Waals surface area (Å²) >= 11 is 1.82. The molecule has 0 saturated heterocycles. The van der Waals surface area contributed by atoms with Crippen LogP contribution in [0.3, 0.4) is 0 Å². The number of ether oxygens (including phenoxy) is 1. The second-order valence-electron chi connectivity index (χ2n) is 9.83. The first-order valence-electron chi connectivity index (χ1n) is 12.7. The van der Waals surface area contributed by atoms with Gasteiger partial charge in [-0.05, 0) is 51.4 Å². The maximum atomic E-state index is 5.91. The Morgan fingerprint density at radius 3 is 2.79 bits per heavy atom. The van der Waals surface area contributed by atoms with Crippen LogP contribution in [0, 0.1) is 6.92 Å². The maximum Gasteiger partial charge on any atom is 0.158 e. The number of rotatable bonds is 7. The SMILES string of the molecule is Cc1ccc(C2=CC=CCc3[nH]c(-c4nn(C)c5ncc(-c6cncc(OCCN(C)C)c6)cc45)cc32)s1. The fourth-order valence-electron chi connectivity index (χ4n) is 4.76. The van der Waals surface area contributed by atoms with Gasteiger partial charge in [0.05, 0.1) is 11.9 Å². The molecule has 0 fully saturated rings. The summed E-state index contributed by atoms with van der Waals surface area (Å²) < 4.78 is 7.76. The minimum absolute atomic E-state index is 0.607. The highest BCUT2D eigenvalue weighted by molar-refractivity contribution is 7.13. The van der Waals surface area contributed by atoms with E-state index >= 15 is 0 Å². The number of thiophene rings is 1. The first-order chi connectivity index (χ1) is 18.5. The van der Waals surface area contributed by atoms with E-state index in [4.69, 9.17) is 14.8 Å². The van der Waals surface area contributed by atoms with Gasteiger partial charge in [0.2, 0.25) is 0 Å². The molecule has 0 unspecified atom stereocenters. The van der Waals surface area contributed by atoms with Crippen molar-refractivity contribution in [3.8, 4) is 28.3 Å². The van der Waals surface area contributed by atoms with Crippen molar-refractivity contribution in [2.24, 2.45) is 7.05 Å². The van der Waals surface area contributed by atoms with Gasteiger partial charge in [-0.25, -0.2) is 9.67 Å². The van der Waals surface area contributed by atoms with Crippen molar-refractivity contribution in [2.45, 2.75) is 13.3 Å². The number of aromatic nitrogens is 5. The molecule has 0 aliphatic heterocycles. The summed E-state index contributed by atoms with van der Waals surface area (Å²) in [4.78, 5) is 17.5. The molecule has 0 amide bonds. The molecular formula is C30H30N6OS. The van der Waals surface area contributed by atoms with E-state index in [0.29, 0.717) is 6.61 Å². The predicted molar refractivity (Wildman–Crippen MR) is 155 cm³/mol. The van der Waals surface area contributed by atoms with Crippen molar-refractivity contribution < 1.29 is 4.74 Å². The van der Waals surface area contributed by atoms with Gasteiger partial charge in [0.25, 0.3) is 0 Å². The van der Waals surface area contributed by atoms with Crippen LogP contribution < -0.4 is 4.74 Å². The van der Waals surface area contributed by atoms with Gasteiger partial charge in [-0.15, -0.1) is 11.3 Å². The first-order valence-corrected chi connectivity index (χ1v) is 13.5. The van der Waals surface area contributed by atoms with E-state index in [2.05, 4.69) is 64.3 Å². The number of nitrogens with zero attached hydrogens (tertiary/aromatic N) is 5. The molecule has 0 aromatic carbocycles. The third-order valence-electron chi connectivity index (χ3n) is 6.70. The molecule has 0 saturated carbocycles. The Labute approximate surface area is 226 Å². The number of H-pyrrole nitrogens is 1. The zero-order chi connectivity index (χ0) is 26.2. The Kier molecular flexibility index (Phi) is 6.43. The topological polar surface area (TPSA) is 71.9 Å². The van der Waals surface area contributed by atoms with Gasteiger partial charge in [-0.1, -0.05) is 18.2 Å². The summed E-state index contributed by atoms with van der Waals surface area (Å²) in [7, 11) is 6.00. The molecule has 0 atom stereocenters. The number of aromatic amines is 1. The summed E-state index contributed by atoms with van der Waals surface area (Å²) in [5.41, 5.74) is 8.32. The lowest BCUT2D eigenvalue weighted by Crippen LogP contribution is -2.19. The number of likely N-dealkylation sites (N-methyl/N-ethyl adjacent to an activating group) is 1. The third-order valence-corrected chi connectivity index (χ3v) is 7.74. The Hall–Kier alpha value is -4.01. The quantitative estimate of drug-likeness (QED) is 0.289. The van der Waals surface area contributed by atoms with Crippen molar-refractivity contribution in [1.82, 2.24) is 29.6 Å². The van der Waals surface area contributed by atoms with Gasteiger partial charge in [0, 0.05) is 75.5 Å². The van der Waals surface area contributed by atoms with E-state index in [0.717, 1.165) is 52.3 Å². The number of hydrogen-bond donors (Lipinski definition) is 1. The minimum Gasteiger partial charge on any atom is -0.491 e. The lowest BCUT2D eigenvalue weighted by Gasteiger charge is -2.11. The molecule has 0 bridgehead atoms. The highest BCUT2D eigenvalue weighted by atomic mass is 32.1. The minimum atomic E-state index is 0.607. The highest BCUT2D eigenvalue weighted by Crippen LogP contribution is 2.37.